The number of anilines is 1. The van der Waals surface area contributed by atoms with Crippen molar-refractivity contribution in [1.29, 1.82) is 0 Å². The Hall–Kier alpha value is -2.44. The number of nitrogens with zero attached hydrogens (tertiary/aromatic N) is 2. The maximum absolute atomic E-state index is 14.8. The van der Waals surface area contributed by atoms with Crippen molar-refractivity contribution in [1.82, 2.24) is 14.6 Å². The number of aromatic nitrogens is 2. The topological polar surface area (TPSA) is 155 Å². The molecule has 1 fully saturated rings. The molecule has 1 aromatic heterocycles. The summed E-state index contributed by atoms with van der Waals surface area (Å²) in [6, 6.07) is 8.39. The van der Waals surface area contributed by atoms with E-state index in [0.717, 1.165) is 16.3 Å². The summed E-state index contributed by atoms with van der Waals surface area (Å²) in [6.45, 7) is 0.994. The molecule has 0 aliphatic carbocycles. The molecule has 6 atom stereocenters. The SMILES string of the molecule is COC(=O)[C@H](C)NP(=O)(OC[C@H]1S[C@@H](n2ccc(N)nc2=O)[C@@H](F)[C@@H]1O)Oc1ccccc1. The lowest BCUT2D eigenvalue weighted by Gasteiger charge is -2.24. The molecule has 180 valence electrons. The fraction of sp³-hybridized carbons (Fsp3) is 0.421. The zero-order valence-corrected chi connectivity index (χ0v) is 19.4. The number of nitrogens with two attached hydrogens (primary N) is 1. The summed E-state index contributed by atoms with van der Waals surface area (Å²) in [7, 11) is -2.99. The summed E-state index contributed by atoms with van der Waals surface area (Å²) in [5, 5.41) is 10.8. The van der Waals surface area contributed by atoms with Crippen LogP contribution in [-0.2, 0) is 18.6 Å². The van der Waals surface area contributed by atoms with Gasteiger partial charge < -0.3 is 20.1 Å². The highest BCUT2D eigenvalue weighted by atomic mass is 32.2. The molecule has 0 amide bonds. The molecule has 14 heteroatoms. The van der Waals surface area contributed by atoms with Gasteiger partial charge in [0.1, 0.15) is 29.1 Å². The standard InChI is InChI=1S/C19H24FN4O7PS/c1-11(18(26)29-2)23-32(28,31-12-6-4-3-5-7-12)30-10-13-16(25)15(20)17(33-13)24-9-8-14(21)22-19(24)27/h3-9,11,13,15-17,25H,10H2,1-2H3,(H,23,28)(H2,21,22,27)/t11-,13+,15-,16+,17+,32?/m0/s1. The van der Waals surface area contributed by atoms with Crippen molar-refractivity contribution >= 4 is 31.3 Å². The van der Waals surface area contributed by atoms with Gasteiger partial charge in [0.05, 0.1) is 19.0 Å². The number of hydrogen-bond donors (Lipinski definition) is 3. The zero-order chi connectivity index (χ0) is 24.2. The zero-order valence-electron chi connectivity index (χ0n) is 17.7. The van der Waals surface area contributed by atoms with E-state index in [-0.39, 0.29) is 11.6 Å². The van der Waals surface area contributed by atoms with Crippen molar-refractivity contribution in [3.8, 4) is 5.75 Å². The first kappa shape index (κ1) is 25.2. The summed E-state index contributed by atoms with van der Waals surface area (Å²) in [6.07, 6.45) is -2.08. The van der Waals surface area contributed by atoms with Crippen LogP contribution in [-0.4, -0.2) is 57.9 Å². The van der Waals surface area contributed by atoms with Gasteiger partial charge in [-0.2, -0.15) is 10.1 Å². The first-order valence-corrected chi connectivity index (χ1v) is 12.3. The average Bonchev–Trinajstić information content (AvgIpc) is 3.06. The summed E-state index contributed by atoms with van der Waals surface area (Å²) in [5.74, 6) is -0.518. The highest BCUT2D eigenvalue weighted by Crippen LogP contribution is 2.48. The molecular formula is C19H24FN4O7PS. The van der Waals surface area contributed by atoms with Gasteiger partial charge in [-0.15, -0.1) is 11.8 Å². The molecule has 1 saturated heterocycles. The summed E-state index contributed by atoms with van der Waals surface area (Å²) < 4.78 is 44.8. The van der Waals surface area contributed by atoms with E-state index in [2.05, 4.69) is 14.8 Å². The third-order valence-corrected chi connectivity index (χ3v) is 7.88. The number of nitrogen functional groups attached to an aromatic ring is 1. The molecule has 3 rings (SSSR count). The second-order valence-electron chi connectivity index (χ2n) is 7.11. The average molecular weight is 502 g/mol. The molecule has 33 heavy (non-hydrogen) atoms. The number of aliphatic hydroxyl groups is 1. The number of rotatable bonds is 9. The highest BCUT2D eigenvalue weighted by molar-refractivity contribution is 8.00. The van der Waals surface area contributed by atoms with Crippen LogP contribution in [0.15, 0.2) is 47.4 Å². The van der Waals surface area contributed by atoms with Crippen molar-refractivity contribution in [2.45, 2.75) is 35.9 Å². The van der Waals surface area contributed by atoms with Crippen molar-refractivity contribution in [2.24, 2.45) is 0 Å². The minimum Gasteiger partial charge on any atom is -0.468 e. The van der Waals surface area contributed by atoms with Crippen molar-refractivity contribution < 1.29 is 32.6 Å². The maximum Gasteiger partial charge on any atom is 0.459 e. The molecule has 1 aliphatic rings. The first-order chi connectivity index (χ1) is 15.6. The summed E-state index contributed by atoms with van der Waals surface area (Å²) >= 11 is 0.913. The van der Waals surface area contributed by atoms with E-state index in [9.17, 15) is 23.7 Å². The second-order valence-corrected chi connectivity index (χ2v) is 10.2. The number of halogens is 1. The maximum atomic E-state index is 14.8. The number of carbonyl (C=O) groups is 1. The molecule has 1 unspecified atom stereocenters. The van der Waals surface area contributed by atoms with Crippen molar-refractivity contribution in [3.63, 3.8) is 0 Å². The van der Waals surface area contributed by atoms with Gasteiger partial charge >= 0.3 is 19.4 Å². The van der Waals surface area contributed by atoms with Crippen LogP contribution in [0.1, 0.15) is 12.3 Å². The molecule has 11 nitrogen and oxygen atoms in total. The van der Waals surface area contributed by atoms with Gasteiger partial charge in [0.25, 0.3) is 0 Å². The summed E-state index contributed by atoms with van der Waals surface area (Å²) in [4.78, 5) is 27.4. The Morgan fingerprint density at radius 3 is 2.73 bits per heavy atom. The molecule has 0 radical (unpaired) electrons. The number of carbonyl (C=O) groups excluding carboxylic acids is 1. The predicted molar refractivity (Wildman–Crippen MR) is 119 cm³/mol. The molecule has 0 saturated carbocycles. The lowest BCUT2D eigenvalue weighted by molar-refractivity contribution is -0.142. The molecule has 2 heterocycles. The molecule has 2 aromatic rings. The predicted octanol–water partition coefficient (Wildman–Crippen LogP) is 1.49. The van der Waals surface area contributed by atoms with Crippen LogP contribution in [0.25, 0.3) is 0 Å². The number of methoxy groups -OCH3 is 1. The molecule has 0 spiro atoms. The van der Waals surface area contributed by atoms with Crippen LogP contribution in [0.5, 0.6) is 5.75 Å². The Balaban J connectivity index is 1.75. The Morgan fingerprint density at radius 2 is 2.09 bits per heavy atom. The van der Waals surface area contributed by atoms with E-state index in [1.807, 2.05) is 0 Å². The minimum absolute atomic E-state index is 0.0140. The number of ether oxygens (including phenoxy) is 1. The van der Waals surface area contributed by atoms with E-state index < -0.39 is 55.0 Å². The van der Waals surface area contributed by atoms with Crippen LogP contribution in [0, 0.1) is 0 Å². The fourth-order valence-corrected chi connectivity index (χ4v) is 6.07. The number of nitrogens with one attached hydrogen (secondary N) is 1. The smallest absolute Gasteiger partial charge is 0.459 e. The number of alkyl halides is 1. The third kappa shape index (κ3) is 6.12. The van der Waals surface area contributed by atoms with Gasteiger partial charge in [0, 0.05) is 6.20 Å². The molecule has 4 N–H and O–H groups in total. The largest absolute Gasteiger partial charge is 0.468 e. The van der Waals surface area contributed by atoms with E-state index in [0.29, 0.717) is 0 Å². The second kappa shape index (κ2) is 10.7. The van der Waals surface area contributed by atoms with E-state index in [4.69, 9.17) is 14.8 Å². The van der Waals surface area contributed by atoms with Crippen LogP contribution >= 0.6 is 19.5 Å². The lowest BCUT2D eigenvalue weighted by Crippen LogP contribution is -2.36. The van der Waals surface area contributed by atoms with E-state index in [1.165, 1.54) is 38.4 Å². The lowest BCUT2D eigenvalue weighted by atomic mass is 10.1. The molecular weight excluding hydrogens is 478 g/mol. The van der Waals surface area contributed by atoms with Crippen molar-refractivity contribution in [3.05, 3.63) is 53.1 Å². The van der Waals surface area contributed by atoms with E-state index >= 15 is 0 Å². The molecule has 1 aliphatic heterocycles. The molecule has 1 aromatic carbocycles. The number of esters is 1. The quantitative estimate of drug-likeness (QED) is 0.337. The van der Waals surface area contributed by atoms with Crippen molar-refractivity contribution in [2.75, 3.05) is 19.5 Å². The number of aliphatic hydroxyl groups excluding tert-OH is 1. The Kier molecular flexibility index (Phi) is 8.14. The summed E-state index contributed by atoms with van der Waals surface area (Å²) in [5.41, 5.74) is 4.70. The fourth-order valence-electron chi connectivity index (χ4n) is 3.03. The van der Waals surface area contributed by atoms with Gasteiger partial charge in [-0.05, 0) is 25.1 Å². The minimum atomic E-state index is -4.17. The number of hydrogen-bond acceptors (Lipinski definition) is 10. The van der Waals surface area contributed by atoms with Crippen LogP contribution in [0.4, 0.5) is 10.2 Å². The van der Waals surface area contributed by atoms with Gasteiger partial charge in [-0.1, -0.05) is 18.2 Å². The number of para-hydroxylation sites is 1. The highest BCUT2D eigenvalue weighted by Gasteiger charge is 2.46. The van der Waals surface area contributed by atoms with Crippen LogP contribution < -0.4 is 21.0 Å². The Morgan fingerprint density at radius 1 is 1.39 bits per heavy atom. The number of thioether (sulfide) groups is 1. The van der Waals surface area contributed by atoms with Gasteiger partial charge in [0.15, 0.2) is 6.17 Å². The van der Waals surface area contributed by atoms with Gasteiger partial charge in [-0.25, -0.2) is 13.8 Å². The van der Waals surface area contributed by atoms with Gasteiger partial charge in [-0.3, -0.25) is 13.9 Å². The van der Waals surface area contributed by atoms with E-state index in [1.54, 1.807) is 18.2 Å². The third-order valence-electron chi connectivity index (χ3n) is 4.70. The first-order valence-electron chi connectivity index (χ1n) is 9.80. The monoisotopic (exact) mass is 502 g/mol. The van der Waals surface area contributed by atoms with Crippen LogP contribution in [0.3, 0.4) is 0 Å². The Labute approximate surface area is 193 Å². The normalized spacial score (nSPS) is 25.2. The van der Waals surface area contributed by atoms with Crippen LogP contribution in [0.2, 0.25) is 0 Å². The Bertz CT molecular complexity index is 1080. The molecule has 0 bridgehead atoms. The number of benzene rings is 1. The van der Waals surface area contributed by atoms with Gasteiger partial charge in [0.2, 0.25) is 0 Å².